The summed E-state index contributed by atoms with van der Waals surface area (Å²) in [5, 5.41) is 9.81. The highest BCUT2D eigenvalue weighted by molar-refractivity contribution is 5.84. The van der Waals surface area contributed by atoms with Gasteiger partial charge in [0.2, 0.25) is 5.91 Å². The summed E-state index contributed by atoms with van der Waals surface area (Å²) >= 11 is 0. The standard InChI is InChI=1S/C22H26N2O2/c1-16-13-18(10-11-20(16)25)14-21-23-12-6-5-9-19(23)22(26)24(21)15-17-7-3-2-4-8-17/h2-4,7-8,10-11,13,19,21,25H,5-6,9,12,14-15H2,1H3/t19?,21-/m1/s1. The van der Waals surface area contributed by atoms with E-state index >= 15 is 0 Å². The van der Waals surface area contributed by atoms with Crippen molar-refractivity contribution in [3.8, 4) is 5.75 Å². The number of fused-ring (bicyclic) bond motifs is 1. The third-order valence-electron chi connectivity index (χ3n) is 5.73. The first-order chi connectivity index (χ1) is 12.6. The van der Waals surface area contributed by atoms with Crippen LogP contribution in [0.1, 0.15) is 36.0 Å². The predicted octanol–water partition coefficient (Wildman–Crippen LogP) is 3.47. The molecule has 2 aliphatic heterocycles. The molecule has 0 bridgehead atoms. The molecule has 1 amide bonds. The molecule has 0 aromatic heterocycles. The number of nitrogens with zero attached hydrogens (tertiary/aromatic N) is 2. The number of hydrogen-bond donors (Lipinski definition) is 1. The predicted molar refractivity (Wildman–Crippen MR) is 102 cm³/mol. The molecule has 0 saturated carbocycles. The molecule has 0 spiro atoms. The Labute approximate surface area is 155 Å². The van der Waals surface area contributed by atoms with Crippen LogP contribution in [0.25, 0.3) is 0 Å². The number of aromatic hydroxyl groups is 1. The third-order valence-corrected chi connectivity index (χ3v) is 5.73. The van der Waals surface area contributed by atoms with Crippen molar-refractivity contribution in [2.75, 3.05) is 6.54 Å². The first-order valence-corrected chi connectivity index (χ1v) is 9.52. The Kier molecular flexibility index (Phi) is 4.68. The highest BCUT2D eigenvalue weighted by Crippen LogP contribution is 2.33. The Morgan fingerprint density at radius 2 is 1.88 bits per heavy atom. The molecule has 136 valence electrons. The maximum atomic E-state index is 13.1. The molecule has 2 aliphatic rings. The van der Waals surface area contributed by atoms with Gasteiger partial charge in [-0.3, -0.25) is 9.69 Å². The van der Waals surface area contributed by atoms with Crippen LogP contribution in [-0.4, -0.2) is 39.6 Å². The second-order valence-corrected chi connectivity index (χ2v) is 7.51. The first kappa shape index (κ1) is 17.1. The van der Waals surface area contributed by atoms with Gasteiger partial charge in [0.15, 0.2) is 0 Å². The molecule has 4 rings (SSSR count). The van der Waals surface area contributed by atoms with E-state index in [2.05, 4.69) is 21.9 Å². The van der Waals surface area contributed by atoms with Gasteiger partial charge < -0.3 is 10.0 Å². The van der Waals surface area contributed by atoms with Gasteiger partial charge in [0.25, 0.3) is 0 Å². The van der Waals surface area contributed by atoms with E-state index in [1.54, 1.807) is 6.07 Å². The number of aryl methyl sites for hydroxylation is 1. The zero-order valence-electron chi connectivity index (χ0n) is 15.3. The fraction of sp³-hybridized carbons (Fsp3) is 0.409. The molecular weight excluding hydrogens is 324 g/mol. The van der Waals surface area contributed by atoms with Gasteiger partial charge in [-0.05, 0) is 42.5 Å². The number of phenolic OH excluding ortho intramolecular Hbond substituents is 1. The first-order valence-electron chi connectivity index (χ1n) is 9.52. The van der Waals surface area contributed by atoms with E-state index in [9.17, 15) is 9.90 Å². The molecule has 0 aliphatic carbocycles. The lowest BCUT2D eigenvalue weighted by atomic mass is 10.0. The van der Waals surface area contributed by atoms with Crippen LogP contribution in [0.2, 0.25) is 0 Å². The van der Waals surface area contributed by atoms with Crippen LogP contribution >= 0.6 is 0 Å². The van der Waals surface area contributed by atoms with Crippen molar-refractivity contribution in [3.63, 3.8) is 0 Å². The summed E-state index contributed by atoms with van der Waals surface area (Å²) in [6, 6.07) is 16.1. The van der Waals surface area contributed by atoms with E-state index in [1.165, 1.54) is 11.1 Å². The summed E-state index contributed by atoms with van der Waals surface area (Å²) in [5.74, 6) is 0.599. The van der Waals surface area contributed by atoms with Crippen LogP contribution in [0.3, 0.4) is 0 Å². The maximum absolute atomic E-state index is 13.1. The summed E-state index contributed by atoms with van der Waals surface area (Å²) in [6.07, 6.45) is 4.16. The Morgan fingerprint density at radius 1 is 1.08 bits per heavy atom. The molecule has 4 heteroatoms. The highest BCUT2D eigenvalue weighted by atomic mass is 16.3. The summed E-state index contributed by atoms with van der Waals surface area (Å²) in [5.41, 5.74) is 3.23. The van der Waals surface area contributed by atoms with Crippen molar-refractivity contribution in [2.24, 2.45) is 0 Å². The quantitative estimate of drug-likeness (QED) is 0.918. The molecule has 2 aromatic rings. The second kappa shape index (κ2) is 7.12. The van der Waals surface area contributed by atoms with Crippen LogP contribution in [0.5, 0.6) is 5.75 Å². The monoisotopic (exact) mass is 350 g/mol. The molecule has 2 aromatic carbocycles. The normalized spacial score (nSPS) is 23.3. The summed E-state index contributed by atoms with van der Waals surface area (Å²) < 4.78 is 0. The fourth-order valence-electron chi connectivity index (χ4n) is 4.34. The van der Waals surface area contributed by atoms with Gasteiger partial charge in [-0.25, -0.2) is 0 Å². The Hall–Kier alpha value is -2.33. The van der Waals surface area contributed by atoms with Crippen molar-refractivity contribution < 1.29 is 9.90 Å². The number of carbonyl (C=O) groups excluding carboxylic acids is 1. The van der Waals surface area contributed by atoms with Gasteiger partial charge in [0.05, 0.1) is 12.2 Å². The van der Waals surface area contributed by atoms with Crippen molar-refractivity contribution in [1.29, 1.82) is 0 Å². The van der Waals surface area contributed by atoms with Crippen molar-refractivity contribution >= 4 is 5.91 Å². The molecule has 26 heavy (non-hydrogen) atoms. The van der Waals surface area contributed by atoms with E-state index in [1.807, 2.05) is 37.3 Å². The summed E-state index contributed by atoms with van der Waals surface area (Å²) in [4.78, 5) is 17.6. The number of phenols is 1. The smallest absolute Gasteiger partial charge is 0.241 e. The molecule has 2 fully saturated rings. The molecule has 1 unspecified atom stereocenters. The zero-order chi connectivity index (χ0) is 18.1. The Morgan fingerprint density at radius 3 is 2.65 bits per heavy atom. The SMILES string of the molecule is Cc1cc(C[C@H]2N(Cc3ccccc3)C(=O)C3CCCCN32)ccc1O. The summed E-state index contributed by atoms with van der Waals surface area (Å²) in [6.45, 7) is 3.57. The van der Waals surface area contributed by atoms with Gasteiger partial charge in [-0.1, -0.05) is 48.9 Å². The molecule has 2 saturated heterocycles. The van der Waals surface area contributed by atoms with E-state index in [4.69, 9.17) is 0 Å². The van der Waals surface area contributed by atoms with Gasteiger partial charge in [-0.15, -0.1) is 0 Å². The van der Waals surface area contributed by atoms with Gasteiger partial charge in [0, 0.05) is 19.5 Å². The van der Waals surface area contributed by atoms with Crippen LogP contribution in [0.15, 0.2) is 48.5 Å². The molecule has 2 atom stereocenters. The lowest BCUT2D eigenvalue weighted by Crippen LogP contribution is -2.44. The lowest BCUT2D eigenvalue weighted by molar-refractivity contribution is -0.130. The number of carbonyl (C=O) groups is 1. The largest absolute Gasteiger partial charge is 0.508 e. The molecule has 4 nitrogen and oxygen atoms in total. The molecule has 1 N–H and O–H groups in total. The van der Waals surface area contributed by atoms with Crippen LogP contribution in [0, 0.1) is 6.92 Å². The number of hydrogen-bond acceptors (Lipinski definition) is 3. The minimum atomic E-state index is 0.0377. The lowest BCUT2D eigenvalue weighted by Gasteiger charge is -2.33. The van der Waals surface area contributed by atoms with Crippen molar-refractivity contribution in [1.82, 2.24) is 9.80 Å². The molecule has 2 heterocycles. The van der Waals surface area contributed by atoms with Crippen LogP contribution in [-0.2, 0) is 17.8 Å². The van der Waals surface area contributed by atoms with Crippen molar-refractivity contribution in [2.45, 2.75) is 51.4 Å². The highest BCUT2D eigenvalue weighted by Gasteiger charge is 2.46. The third kappa shape index (κ3) is 3.21. The Bertz CT molecular complexity index is 790. The van der Waals surface area contributed by atoms with Gasteiger partial charge in [-0.2, -0.15) is 0 Å². The van der Waals surface area contributed by atoms with Gasteiger partial charge in [0.1, 0.15) is 5.75 Å². The van der Waals surface area contributed by atoms with Gasteiger partial charge >= 0.3 is 0 Å². The minimum Gasteiger partial charge on any atom is -0.508 e. The second-order valence-electron chi connectivity index (χ2n) is 7.51. The topological polar surface area (TPSA) is 43.8 Å². The molecule has 0 radical (unpaired) electrons. The summed E-state index contributed by atoms with van der Waals surface area (Å²) in [7, 11) is 0. The maximum Gasteiger partial charge on any atom is 0.241 e. The molecular formula is C22H26N2O2. The van der Waals surface area contributed by atoms with E-state index in [0.717, 1.165) is 37.8 Å². The average Bonchev–Trinajstić information content (AvgIpc) is 2.92. The zero-order valence-corrected chi connectivity index (χ0v) is 15.3. The fourth-order valence-corrected chi connectivity index (χ4v) is 4.34. The van der Waals surface area contributed by atoms with E-state index < -0.39 is 0 Å². The minimum absolute atomic E-state index is 0.0377. The number of amides is 1. The number of rotatable bonds is 4. The van der Waals surface area contributed by atoms with Crippen LogP contribution < -0.4 is 0 Å². The number of piperidine rings is 1. The van der Waals surface area contributed by atoms with Crippen molar-refractivity contribution in [3.05, 3.63) is 65.2 Å². The Balaban J connectivity index is 1.62. The average molecular weight is 350 g/mol. The van der Waals surface area contributed by atoms with E-state index in [0.29, 0.717) is 12.3 Å². The van der Waals surface area contributed by atoms with E-state index in [-0.39, 0.29) is 18.1 Å². The number of benzene rings is 2. The van der Waals surface area contributed by atoms with Crippen LogP contribution in [0.4, 0.5) is 0 Å².